The van der Waals surface area contributed by atoms with Crippen molar-refractivity contribution in [2.75, 3.05) is 48.0 Å². The maximum atomic E-state index is 11.6. The molecule has 0 heterocycles. The van der Waals surface area contributed by atoms with Gasteiger partial charge >= 0.3 is 0 Å². The van der Waals surface area contributed by atoms with Crippen LogP contribution in [0.4, 0.5) is 0 Å². The first-order valence-electron chi connectivity index (χ1n) is 7.92. The average Bonchev–Trinajstić information content (AvgIpc) is 2.59. The zero-order valence-electron chi connectivity index (χ0n) is 15.0. The van der Waals surface area contributed by atoms with Gasteiger partial charge in [0.1, 0.15) is 5.75 Å². The van der Waals surface area contributed by atoms with Crippen LogP contribution in [-0.4, -0.2) is 64.8 Å². The lowest BCUT2D eigenvalue weighted by atomic mass is 10.2. The molecular weight excluding hydrogens is 308 g/mol. The van der Waals surface area contributed by atoms with Crippen LogP contribution in [0, 0.1) is 0 Å². The molecule has 0 radical (unpaired) electrons. The molecule has 0 aliphatic heterocycles. The number of carbonyl (C=O) groups is 1. The number of benzene rings is 1. The summed E-state index contributed by atoms with van der Waals surface area (Å²) in [7, 11) is 6.83. The Morgan fingerprint density at radius 3 is 2.75 bits per heavy atom. The van der Waals surface area contributed by atoms with Crippen LogP contribution in [-0.2, 0) is 16.1 Å². The lowest BCUT2D eigenvalue weighted by Crippen LogP contribution is -2.37. The molecule has 1 amide bonds. The number of likely N-dealkylation sites (N-methyl/N-ethyl adjacent to an activating group) is 1. The molecular formula is C17H28N4O3. The zero-order chi connectivity index (χ0) is 17.8. The normalized spacial score (nSPS) is 11.1. The molecule has 0 atom stereocenters. The summed E-state index contributed by atoms with van der Waals surface area (Å²) in [4.78, 5) is 17.2. The van der Waals surface area contributed by atoms with E-state index in [0.717, 1.165) is 31.1 Å². The predicted molar refractivity (Wildman–Crippen MR) is 95.3 cm³/mol. The van der Waals surface area contributed by atoms with E-state index in [2.05, 4.69) is 15.6 Å². The van der Waals surface area contributed by atoms with E-state index in [9.17, 15) is 4.79 Å². The molecule has 134 valence electrons. The highest BCUT2D eigenvalue weighted by Crippen LogP contribution is 2.13. The number of hydrogen-bond acceptors (Lipinski definition) is 4. The summed E-state index contributed by atoms with van der Waals surface area (Å²) in [5.41, 5.74) is 1.05. The number of amides is 1. The van der Waals surface area contributed by atoms with Gasteiger partial charge in [-0.05, 0) is 24.1 Å². The first-order valence-corrected chi connectivity index (χ1v) is 7.92. The largest absolute Gasteiger partial charge is 0.484 e. The molecule has 0 aliphatic rings. The van der Waals surface area contributed by atoms with Crippen molar-refractivity contribution in [3.05, 3.63) is 29.8 Å². The van der Waals surface area contributed by atoms with Gasteiger partial charge in [-0.1, -0.05) is 12.1 Å². The van der Waals surface area contributed by atoms with Gasteiger partial charge < -0.3 is 25.0 Å². The van der Waals surface area contributed by atoms with E-state index in [1.54, 1.807) is 28.3 Å². The summed E-state index contributed by atoms with van der Waals surface area (Å²) in [6.45, 7) is 2.16. The lowest BCUT2D eigenvalue weighted by molar-refractivity contribution is -0.130. The maximum absolute atomic E-state index is 11.6. The number of methoxy groups -OCH3 is 1. The van der Waals surface area contributed by atoms with Crippen LogP contribution in [0.3, 0.4) is 0 Å². The Bertz CT molecular complexity index is 532. The van der Waals surface area contributed by atoms with Crippen molar-refractivity contribution in [2.24, 2.45) is 4.99 Å². The van der Waals surface area contributed by atoms with Crippen molar-refractivity contribution in [1.82, 2.24) is 15.5 Å². The molecule has 7 nitrogen and oxygen atoms in total. The summed E-state index contributed by atoms with van der Waals surface area (Å²) < 4.78 is 10.5. The Kier molecular flexibility index (Phi) is 9.29. The molecule has 0 aromatic heterocycles. The Balaban J connectivity index is 2.44. The highest BCUT2D eigenvalue weighted by Gasteiger charge is 2.05. The number of hydrogen-bond donors (Lipinski definition) is 2. The predicted octanol–water partition coefficient (Wildman–Crippen LogP) is 0.855. The summed E-state index contributed by atoms with van der Waals surface area (Å²) in [5.74, 6) is 1.34. The maximum Gasteiger partial charge on any atom is 0.259 e. The van der Waals surface area contributed by atoms with Crippen LogP contribution in [0.25, 0.3) is 0 Å². The van der Waals surface area contributed by atoms with Crippen molar-refractivity contribution in [3.8, 4) is 5.75 Å². The average molecular weight is 336 g/mol. The second kappa shape index (κ2) is 11.3. The topological polar surface area (TPSA) is 75.2 Å². The van der Waals surface area contributed by atoms with Gasteiger partial charge in [0, 0.05) is 47.9 Å². The molecule has 0 saturated heterocycles. The Morgan fingerprint density at radius 2 is 2.08 bits per heavy atom. The summed E-state index contributed by atoms with van der Waals surface area (Å²) in [5, 5.41) is 6.46. The number of aliphatic imine (C=N–C) groups is 1. The van der Waals surface area contributed by atoms with E-state index in [0.29, 0.717) is 12.3 Å². The van der Waals surface area contributed by atoms with E-state index < -0.39 is 0 Å². The highest BCUT2D eigenvalue weighted by molar-refractivity contribution is 5.79. The van der Waals surface area contributed by atoms with Gasteiger partial charge in [-0.3, -0.25) is 9.79 Å². The van der Waals surface area contributed by atoms with Crippen molar-refractivity contribution < 1.29 is 14.3 Å². The third-order valence-corrected chi connectivity index (χ3v) is 3.26. The quantitative estimate of drug-likeness (QED) is 0.397. The van der Waals surface area contributed by atoms with Gasteiger partial charge in [0.15, 0.2) is 12.6 Å². The molecule has 1 aromatic carbocycles. The number of carbonyl (C=O) groups excluding carboxylic acids is 1. The fourth-order valence-electron chi connectivity index (χ4n) is 1.85. The third kappa shape index (κ3) is 7.82. The van der Waals surface area contributed by atoms with Gasteiger partial charge in [0.05, 0.1) is 0 Å². The number of rotatable bonds is 9. The van der Waals surface area contributed by atoms with Crippen LogP contribution in [0.5, 0.6) is 5.75 Å². The van der Waals surface area contributed by atoms with Crippen molar-refractivity contribution in [1.29, 1.82) is 0 Å². The highest BCUT2D eigenvalue weighted by atomic mass is 16.5. The van der Waals surface area contributed by atoms with Crippen LogP contribution in [0.1, 0.15) is 12.0 Å². The second-order valence-electron chi connectivity index (χ2n) is 5.42. The molecule has 0 aliphatic carbocycles. The van der Waals surface area contributed by atoms with Crippen LogP contribution >= 0.6 is 0 Å². The van der Waals surface area contributed by atoms with Crippen LogP contribution in [0.2, 0.25) is 0 Å². The Hall–Kier alpha value is -2.28. The minimum Gasteiger partial charge on any atom is -0.484 e. The Labute approximate surface area is 144 Å². The molecule has 0 bridgehead atoms. The van der Waals surface area contributed by atoms with Gasteiger partial charge in [0.25, 0.3) is 5.91 Å². The van der Waals surface area contributed by atoms with E-state index in [1.165, 1.54) is 4.90 Å². The molecule has 0 unspecified atom stereocenters. The van der Waals surface area contributed by atoms with Crippen LogP contribution < -0.4 is 15.4 Å². The minimum atomic E-state index is -0.0702. The molecule has 1 aromatic rings. The van der Waals surface area contributed by atoms with Gasteiger partial charge in [0.2, 0.25) is 0 Å². The summed E-state index contributed by atoms with van der Waals surface area (Å²) in [6, 6.07) is 7.64. The summed E-state index contributed by atoms with van der Waals surface area (Å²) >= 11 is 0. The zero-order valence-corrected chi connectivity index (χ0v) is 15.0. The molecule has 0 spiro atoms. The second-order valence-corrected chi connectivity index (χ2v) is 5.42. The first kappa shape index (κ1) is 19.8. The SMILES string of the molecule is CN=C(NCCCOC)NCc1cccc(OCC(=O)N(C)C)c1. The van der Waals surface area contributed by atoms with E-state index in [4.69, 9.17) is 9.47 Å². The third-order valence-electron chi connectivity index (χ3n) is 3.26. The van der Waals surface area contributed by atoms with E-state index in [-0.39, 0.29) is 12.5 Å². The summed E-state index contributed by atoms with van der Waals surface area (Å²) in [6.07, 6.45) is 0.917. The fourth-order valence-corrected chi connectivity index (χ4v) is 1.85. The monoisotopic (exact) mass is 336 g/mol. The first-order chi connectivity index (χ1) is 11.6. The molecule has 0 fully saturated rings. The lowest BCUT2D eigenvalue weighted by Gasteiger charge is -2.13. The van der Waals surface area contributed by atoms with Crippen molar-refractivity contribution in [3.63, 3.8) is 0 Å². The number of nitrogens with zero attached hydrogens (tertiary/aromatic N) is 2. The van der Waals surface area contributed by atoms with E-state index >= 15 is 0 Å². The molecule has 24 heavy (non-hydrogen) atoms. The van der Waals surface area contributed by atoms with Crippen LogP contribution in [0.15, 0.2) is 29.3 Å². The molecule has 0 saturated carbocycles. The molecule has 2 N–H and O–H groups in total. The molecule has 7 heteroatoms. The number of nitrogens with one attached hydrogen (secondary N) is 2. The van der Waals surface area contributed by atoms with Gasteiger partial charge in [-0.15, -0.1) is 0 Å². The standard InChI is InChI=1S/C17H28N4O3/c1-18-17(19-9-6-10-23-4)20-12-14-7-5-8-15(11-14)24-13-16(22)21(2)3/h5,7-8,11H,6,9-10,12-13H2,1-4H3,(H2,18,19,20). The number of ether oxygens (including phenoxy) is 2. The Morgan fingerprint density at radius 1 is 1.29 bits per heavy atom. The van der Waals surface area contributed by atoms with Gasteiger partial charge in [-0.25, -0.2) is 0 Å². The minimum absolute atomic E-state index is 0.0343. The van der Waals surface area contributed by atoms with Crippen molar-refractivity contribution in [2.45, 2.75) is 13.0 Å². The number of guanidine groups is 1. The fraction of sp³-hybridized carbons (Fsp3) is 0.529. The van der Waals surface area contributed by atoms with Crippen molar-refractivity contribution >= 4 is 11.9 Å². The van der Waals surface area contributed by atoms with E-state index in [1.807, 2.05) is 24.3 Å². The molecule has 1 rings (SSSR count). The van der Waals surface area contributed by atoms with Gasteiger partial charge in [-0.2, -0.15) is 0 Å². The smallest absolute Gasteiger partial charge is 0.259 e.